The molecule has 4 amide bonds. The Labute approximate surface area is 283 Å². The minimum atomic E-state index is -0.965. The lowest BCUT2D eigenvalue weighted by molar-refractivity contribution is -0.136. The van der Waals surface area contributed by atoms with Crippen LogP contribution in [-0.2, 0) is 20.9 Å². The molecule has 1 saturated carbocycles. The number of benzene rings is 2. The number of nitrogens with zero attached hydrogens (tertiary/aromatic N) is 6. The van der Waals surface area contributed by atoms with Crippen molar-refractivity contribution in [2.75, 3.05) is 38.2 Å². The van der Waals surface area contributed by atoms with Gasteiger partial charge < -0.3 is 10.1 Å². The van der Waals surface area contributed by atoms with Gasteiger partial charge in [-0.25, -0.2) is 4.98 Å². The molecular weight excluding hydrogens is 624 g/mol. The number of ether oxygens (including phenoxy) is 1. The van der Waals surface area contributed by atoms with E-state index in [0.29, 0.717) is 12.0 Å². The van der Waals surface area contributed by atoms with E-state index in [4.69, 9.17) is 9.72 Å². The molecule has 3 aliphatic heterocycles. The van der Waals surface area contributed by atoms with Crippen molar-refractivity contribution in [3.05, 3.63) is 71.7 Å². The van der Waals surface area contributed by atoms with Gasteiger partial charge in [0.05, 0.1) is 59.5 Å². The van der Waals surface area contributed by atoms with Crippen molar-refractivity contribution in [1.82, 2.24) is 34.9 Å². The first-order valence-corrected chi connectivity index (χ1v) is 17.1. The maximum atomic E-state index is 13.1. The molecule has 2 saturated heterocycles. The molecule has 5 heterocycles. The van der Waals surface area contributed by atoms with E-state index in [2.05, 4.69) is 48.6 Å². The zero-order valence-corrected chi connectivity index (χ0v) is 27.1. The van der Waals surface area contributed by atoms with Gasteiger partial charge in [-0.3, -0.25) is 44.0 Å². The van der Waals surface area contributed by atoms with E-state index in [0.717, 1.165) is 98.0 Å². The SMILES string of the molecule is O=C1CCC(N2C(=O)c3ccc(NCCC[C@H]4C[C@H](n5cc(-c6cnc7ccc(CN8CCOCC8)cc7n6)cn5)C4)cc3C2=O)C(=O)N1. The van der Waals surface area contributed by atoms with Crippen LogP contribution < -0.4 is 10.6 Å². The van der Waals surface area contributed by atoms with E-state index in [1.165, 1.54) is 5.56 Å². The molecular formula is C36H38N8O5. The number of hydrogen-bond acceptors (Lipinski definition) is 10. The van der Waals surface area contributed by atoms with Crippen LogP contribution in [0.4, 0.5) is 5.69 Å². The molecule has 13 heteroatoms. The molecule has 2 N–H and O–H groups in total. The topological polar surface area (TPSA) is 152 Å². The van der Waals surface area contributed by atoms with E-state index in [9.17, 15) is 19.2 Å². The Morgan fingerprint density at radius 2 is 1.78 bits per heavy atom. The fraction of sp³-hybridized carbons (Fsp3) is 0.417. The lowest BCUT2D eigenvalue weighted by Gasteiger charge is -2.35. The number of fused-ring (bicyclic) bond motifs is 2. The van der Waals surface area contributed by atoms with E-state index in [1.54, 1.807) is 18.2 Å². The van der Waals surface area contributed by atoms with Gasteiger partial charge >= 0.3 is 0 Å². The van der Waals surface area contributed by atoms with Crippen LogP contribution in [-0.4, -0.2) is 92.1 Å². The Kier molecular flexibility index (Phi) is 8.38. The van der Waals surface area contributed by atoms with Crippen molar-refractivity contribution < 1.29 is 23.9 Å². The van der Waals surface area contributed by atoms with Gasteiger partial charge in [0.15, 0.2) is 0 Å². The number of nitrogens with one attached hydrogen (secondary N) is 2. The molecule has 0 radical (unpaired) electrons. The maximum Gasteiger partial charge on any atom is 0.262 e. The summed E-state index contributed by atoms with van der Waals surface area (Å²) in [5, 5.41) is 10.3. The molecule has 0 spiro atoms. The average molecular weight is 663 g/mol. The van der Waals surface area contributed by atoms with Crippen molar-refractivity contribution in [3.8, 4) is 11.3 Å². The first-order chi connectivity index (χ1) is 23.9. The van der Waals surface area contributed by atoms with Crippen molar-refractivity contribution in [1.29, 1.82) is 0 Å². The first kappa shape index (κ1) is 31.3. The number of rotatable bonds is 10. The summed E-state index contributed by atoms with van der Waals surface area (Å²) >= 11 is 0. The Morgan fingerprint density at radius 1 is 0.939 bits per heavy atom. The fourth-order valence-electron chi connectivity index (χ4n) is 7.34. The highest BCUT2D eigenvalue weighted by Crippen LogP contribution is 2.40. The molecule has 1 aliphatic carbocycles. The van der Waals surface area contributed by atoms with E-state index >= 15 is 0 Å². The third kappa shape index (κ3) is 6.31. The minimum Gasteiger partial charge on any atom is -0.385 e. The molecule has 252 valence electrons. The minimum absolute atomic E-state index is 0.0963. The van der Waals surface area contributed by atoms with Crippen LogP contribution in [0.2, 0.25) is 0 Å². The number of hydrogen-bond donors (Lipinski definition) is 2. The Bertz CT molecular complexity index is 1950. The lowest BCUT2D eigenvalue weighted by atomic mass is 9.77. The second-order valence-corrected chi connectivity index (χ2v) is 13.4. The molecule has 2 aromatic carbocycles. The third-order valence-corrected chi connectivity index (χ3v) is 10.2. The number of morpholine rings is 1. The molecule has 1 unspecified atom stereocenters. The summed E-state index contributed by atoms with van der Waals surface area (Å²) in [6, 6.07) is 10.8. The van der Waals surface area contributed by atoms with Gasteiger partial charge in [-0.05, 0) is 73.9 Å². The number of anilines is 1. The highest BCUT2D eigenvalue weighted by atomic mass is 16.5. The zero-order valence-electron chi connectivity index (χ0n) is 27.1. The summed E-state index contributed by atoms with van der Waals surface area (Å²) < 4.78 is 7.54. The summed E-state index contributed by atoms with van der Waals surface area (Å²) in [6.45, 7) is 5.07. The third-order valence-electron chi connectivity index (χ3n) is 10.2. The smallest absolute Gasteiger partial charge is 0.262 e. The number of carbonyl (C=O) groups excluding carboxylic acids is 4. The fourth-order valence-corrected chi connectivity index (χ4v) is 7.34. The van der Waals surface area contributed by atoms with Gasteiger partial charge in [0.25, 0.3) is 11.8 Å². The number of carbonyl (C=O) groups is 4. The van der Waals surface area contributed by atoms with Crippen LogP contribution in [0.3, 0.4) is 0 Å². The zero-order chi connectivity index (χ0) is 33.5. The maximum absolute atomic E-state index is 13.1. The van der Waals surface area contributed by atoms with Crippen molar-refractivity contribution >= 4 is 40.3 Å². The summed E-state index contributed by atoms with van der Waals surface area (Å²) in [5.41, 5.74) is 6.11. The van der Waals surface area contributed by atoms with Crippen LogP contribution in [0.1, 0.15) is 70.8 Å². The average Bonchev–Trinajstić information content (AvgIpc) is 3.66. The summed E-state index contributed by atoms with van der Waals surface area (Å²) in [7, 11) is 0. The highest BCUT2D eigenvalue weighted by Gasteiger charge is 2.44. The summed E-state index contributed by atoms with van der Waals surface area (Å²) in [5.74, 6) is -1.38. The molecule has 1 atom stereocenters. The molecule has 4 aromatic rings. The van der Waals surface area contributed by atoms with Crippen LogP contribution in [0.25, 0.3) is 22.3 Å². The van der Waals surface area contributed by atoms with E-state index in [1.807, 2.05) is 18.5 Å². The van der Waals surface area contributed by atoms with Gasteiger partial charge in [0, 0.05) is 50.0 Å². The van der Waals surface area contributed by atoms with Gasteiger partial charge in [-0.15, -0.1) is 0 Å². The lowest BCUT2D eigenvalue weighted by Crippen LogP contribution is -2.54. The van der Waals surface area contributed by atoms with Crippen LogP contribution in [0.15, 0.2) is 55.0 Å². The van der Waals surface area contributed by atoms with Crippen molar-refractivity contribution in [3.63, 3.8) is 0 Å². The summed E-state index contributed by atoms with van der Waals surface area (Å²) in [4.78, 5) is 62.9. The standard InChI is InChI=1S/C36H38N8O5/c45-33-8-7-32(34(46)41-33)44-35(47)27-5-4-25(17-28(27)36(44)48)37-9-1-2-22-14-26(15-22)43-21-24(18-39-43)31-19-38-29-6-3-23(16-30(29)40-31)20-42-10-12-49-13-11-42/h3-6,16-19,21-22,26,32,37H,1-2,7-15,20H2,(H,41,45,46)/t22-,26-,32?. The molecule has 13 nitrogen and oxygen atoms in total. The molecule has 0 bridgehead atoms. The van der Waals surface area contributed by atoms with Crippen LogP contribution in [0, 0.1) is 5.92 Å². The predicted molar refractivity (Wildman–Crippen MR) is 179 cm³/mol. The molecule has 49 heavy (non-hydrogen) atoms. The monoisotopic (exact) mass is 662 g/mol. The van der Waals surface area contributed by atoms with Crippen LogP contribution >= 0.6 is 0 Å². The molecule has 8 rings (SSSR count). The predicted octanol–water partition coefficient (Wildman–Crippen LogP) is 3.57. The second kappa shape index (κ2) is 13.1. The number of piperidine rings is 1. The van der Waals surface area contributed by atoms with Gasteiger partial charge in [-0.2, -0.15) is 5.10 Å². The van der Waals surface area contributed by atoms with Gasteiger partial charge in [0.1, 0.15) is 6.04 Å². The summed E-state index contributed by atoms with van der Waals surface area (Å²) in [6.07, 6.45) is 10.2. The number of aromatic nitrogens is 4. The normalized spacial score (nSPS) is 22.7. The molecule has 2 aromatic heterocycles. The van der Waals surface area contributed by atoms with Gasteiger partial charge in [0.2, 0.25) is 11.8 Å². The van der Waals surface area contributed by atoms with Crippen LogP contribution in [0.5, 0.6) is 0 Å². The van der Waals surface area contributed by atoms with E-state index in [-0.39, 0.29) is 24.0 Å². The first-order valence-electron chi connectivity index (χ1n) is 17.1. The van der Waals surface area contributed by atoms with Crippen molar-refractivity contribution in [2.45, 2.75) is 57.2 Å². The number of imide groups is 2. The second-order valence-electron chi connectivity index (χ2n) is 13.4. The molecule has 3 fully saturated rings. The van der Waals surface area contributed by atoms with E-state index < -0.39 is 29.7 Å². The highest BCUT2D eigenvalue weighted by molar-refractivity contribution is 6.23. The van der Waals surface area contributed by atoms with Crippen molar-refractivity contribution in [2.24, 2.45) is 5.92 Å². The van der Waals surface area contributed by atoms with Gasteiger partial charge in [-0.1, -0.05) is 6.07 Å². The quantitative estimate of drug-likeness (QED) is 0.191. The Morgan fingerprint density at radius 3 is 2.61 bits per heavy atom. The molecule has 4 aliphatic rings. The number of amides is 4. The largest absolute Gasteiger partial charge is 0.385 e. The Hall–Kier alpha value is -5.01. The Balaban J connectivity index is 0.811.